The van der Waals surface area contributed by atoms with Crippen LogP contribution < -0.4 is 0 Å². The Kier molecular flexibility index (Phi) is 3.61. The van der Waals surface area contributed by atoms with E-state index in [2.05, 4.69) is 15.9 Å². The summed E-state index contributed by atoms with van der Waals surface area (Å²) in [6.07, 6.45) is -0.0652. The smallest absolute Gasteiger partial charge is 0.223 e. The molecule has 2 atom stereocenters. The van der Waals surface area contributed by atoms with E-state index in [0.29, 0.717) is 19.5 Å². The van der Waals surface area contributed by atoms with Gasteiger partial charge in [-0.1, -0.05) is 46.3 Å². The van der Waals surface area contributed by atoms with E-state index in [1.807, 2.05) is 30.3 Å². The highest BCUT2D eigenvalue weighted by atomic mass is 79.9. The Morgan fingerprint density at radius 3 is 2.69 bits per heavy atom. The van der Waals surface area contributed by atoms with Gasteiger partial charge in [0, 0.05) is 17.8 Å². The van der Waals surface area contributed by atoms with E-state index < -0.39 is 6.10 Å². The van der Waals surface area contributed by atoms with Gasteiger partial charge in [0.2, 0.25) is 5.91 Å². The largest absolute Gasteiger partial charge is 0.387 e. The number of hydrogen-bond donors (Lipinski definition) is 1. The molecular weight excluding hydrogens is 270 g/mol. The number of benzene rings is 1. The maximum Gasteiger partial charge on any atom is 0.223 e. The minimum absolute atomic E-state index is 0.108. The predicted molar refractivity (Wildman–Crippen MR) is 65.3 cm³/mol. The molecule has 1 fully saturated rings. The van der Waals surface area contributed by atoms with E-state index >= 15 is 0 Å². The van der Waals surface area contributed by atoms with Crippen molar-refractivity contribution in [2.24, 2.45) is 0 Å². The van der Waals surface area contributed by atoms with Crippen molar-refractivity contribution < 1.29 is 9.90 Å². The number of aliphatic hydroxyl groups excluding tert-OH is 1. The van der Waals surface area contributed by atoms with Gasteiger partial charge in [0.05, 0.1) is 12.6 Å². The lowest BCUT2D eigenvalue weighted by Crippen LogP contribution is -2.30. The van der Waals surface area contributed by atoms with E-state index in [4.69, 9.17) is 0 Å². The number of β-amino-alcohol motifs (C(OH)–C–C–N with tert-alkyl or cyclic N) is 1. The van der Waals surface area contributed by atoms with Gasteiger partial charge in [-0.2, -0.15) is 0 Å². The lowest BCUT2D eigenvalue weighted by molar-refractivity contribution is -0.128. The number of halogens is 1. The molecule has 4 heteroatoms. The Balaban J connectivity index is 1.98. The normalized spacial score (nSPS) is 22.5. The maximum absolute atomic E-state index is 11.5. The summed E-state index contributed by atoms with van der Waals surface area (Å²) in [6.45, 7) is 1.06. The Hall–Kier alpha value is -0.870. The molecule has 1 aromatic carbocycles. The Morgan fingerprint density at radius 2 is 2.12 bits per heavy atom. The predicted octanol–water partition coefficient (Wildman–Crippen LogP) is 1.72. The number of nitrogens with zero attached hydrogens (tertiary/aromatic N) is 1. The fraction of sp³-hybridized carbons (Fsp3) is 0.417. The molecule has 0 aromatic heterocycles. The topological polar surface area (TPSA) is 40.5 Å². The summed E-state index contributed by atoms with van der Waals surface area (Å²) in [7, 11) is 0. The molecule has 1 amide bonds. The van der Waals surface area contributed by atoms with Crippen LogP contribution in [0.3, 0.4) is 0 Å². The highest BCUT2D eigenvalue weighted by Gasteiger charge is 2.29. The highest BCUT2D eigenvalue weighted by molar-refractivity contribution is 9.09. The second-order valence-corrected chi connectivity index (χ2v) is 5.32. The van der Waals surface area contributed by atoms with Crippen molar-refractivity contribution in [3.8, 4) is 0 Å². The molecular formula is C12H14BrNO2. The van der Waals surface area contributed by atoms with Gasteiger partial charge in [-0.25, -0.2) is 0 Å². The van der Waals surface area contributed by atoms with Crippen molar-refractivity contribution in [1.82, 2.24) is 4.90 Å². The monoisotopic (exact) mass is 283 g/mol. The van der Waals surface area contributed by atoms with Crippen LogP contribution in [0.1, 0.15) is 18.1 Å². The van der Waals surface area contributed by atoms with E-state index in [9.17, 15) is 9.90 Å². The summed E-state index contributed by atoms with van der Waals surface area (Å²) < 4.78 is 0. The summed E-state index contributed by atoms with van der Waals surface area (Å²) in [4.78, 5) is 13.5. The van der Waals surface area contributed by atoms with Crippen molar-refractivity contribution in [1.29, 1.82) is 0 Å². The molecule has 86 valence electrons. The Bertz CT molecular complexity index is 369. The third kappa shape index (κ3) is 2.62. The van der Waals surface area contributed by atoms with Crippen LogP contribution >= 0.6 is 15.9 Å². The molecule has 1 aliphatic heterocycles. The van der Waals surface area contributed by atoms with Crippen LogP contribution in [0.2, 0.25) is 0 Å². The zero-order valence-electron chi connectivity index (χ0n) is 8.84. The molecule has 0 radical (unpaired) electrons. The van der Waals surface area contributed by atoms with Gasteiger partial charge >= 0.3 is 0 Å². The first-order valence-corrected chi connectivity index (χ1v) is 6.23. The second-order valence-electron chi connectivity index (χ2n) is 4.03. The lowest BCUT2D eigenvalue weighted by Gasteiger charge is -2.20. The van der Waals surface area contributed by atoms with Crippen molar-refractivity contribution in [2.75, 3.05) is 13.1 Å². The molecule has 1 unspecified atom stereocenters. The van der Waals surface area contributed by atoms with Crippen LogP contribution in [-0.4, -0.2) is 33.8 Å². The average molecular weight is 284 g/mol. The summed E-state index contributed by atoms with van der Waals surface area (Å²) in [5.74, 6) is 0.108. The van der Waals surface area contributed by atoms with Crippen molar-refractivity contribution in [2.45, 2.75) is 17.4 Å². The maximum atomic E-state index is 11.5. The molecule has 0 saturated carbocycles. The number of aliphatic hydroxyl groups is 1. The quantitative estimate of drug-likeness (QED) is 0.858. The first-order valence-electron chi connectivity index (χ1n) is 5.31. The van der Waals surface area contributed by atoms with Crippen LogP contribution in [-0.2, 0) is 4.79 Å². The molecule has 1 saturated heterocycles. The number of carbonyl (C=O) groups is 1. The molecule has 0 spiro atoms. The minimum atomic E-state index is -0.594. The SMILES string of the molecule is O=C1CC(Br)CN1C[C@@H](O)c1ccccc1. The van der Waals surface area contributed by atoms with E-state index in [-0.39, 0.29) is 10.7 Å². The Morgan fingerprint density at radius 1 is 1.44 bits per heavy atom. The summed E-state index contributed by atoms with van der Waals surface area (Å²) >= 11 is 3.42. The number of alkyl halides is 1. The highest BCUT2D eigenvalue weighted by Crippen LogP contribution is 2.21. The van der Waals surface area contributed by atoms with Crippen LogP contribution in [0.4, 0.5) is 0 Å². The van der Waals surface area contributed by atoms with Gasteiger partial charge in [-0.15, -0.1) is 0 Å². The van der Waals surface area contributed by atoms with E-state index in [0.717, 1.165) is 5.56 Å². The molecule has 1 heterocycles. The fourth-order valence-electron chi connectivity index (χ4n) is 1.89. The number of carbonyl (C=O) groups excluding carboxylic acids is 1. The lowest BCUT2D eigenvalue weighted by atomic mass is 10.1. The minimum Gasteiger partial charge on any atom is -0.387 e. The fourth-order valence-corrected chi connectivity index (χ4v) is 2.52. The summed E-state index contributed by atoms with van der Waals surface area (Å²) in [6, 6.07) is 9.43. The van der Waals surface area contributed by atoms with E-state index in [1.165, 1.54) is 0 Å². The molecule has 1 N–H and O–H groups in total. The number of hydrogen-bond acceptors (Lipinski definition) is 2. The van der Waals surface area contributed by atoms with Crippen LogP contribution in [0.15, 0.2) is 30.3 Å². The average Bonchev–Trinajstić information content (AvgIpc) is 2.59. The second kappa shape index (κ2) is 4.97. The van der Waals surface area contributed by atoms with Crippen LogP contribution in [0.25, 0.3) is 0 Å². The first kappa shape index (κ1) is 11.6. The van der Waals surface area contributed by atoms with Gasteiger partial charge in [0.1, 0.15) is 0 Å². The molecule has 0 bridgehead atoms. The third-order valence-electron chi connectivity index (χ3n) is 2.74. The van der Waals surface area contributed by atoms with Gasteiger partial charge in [-0.05, 0) is 5.56 Å². The third-order valence-corrected chi connectivity index (χ3v) is 3.36. The molecule has 0 aliphatic carbocycles. The van der Waals surface area contributed by atoms with Gasteiger partial charge in [0.25, 0.3) is 0 Å². The molecule has 3 nitrogen and oxygen atoms in total. The van der Waals surface area contributed by atoms with Crippen molar-refractivity contribution in [3.63, 3.8) is 0 Å². The van der Waals surface area contributed by atoms with E-state index in [1.54, 1.807) is 4.90 Å². The summed E-state index contributed by atoms with van der Waals surface area (Å²) in [5.41, 5.74) is 0.855. The van der Waals surface area contributed by atoms with Crippen molar-refractivity contribution >= 4 is 21.8 Å². The van der Waals surface area contributed by atoms with Crippen LogP contribution in [0.5, 0.6) is 0 Å². The van der Waals surface area contributed by atoms with Gasteiger partial charge in [0.15, 0.2) is 0 Å². The number of rotatable bonds is 3. The van der Waals surface area contributed by atoms with Crippen molar-refractivity contribution in [3.05, 3.63) is 35.9 Å². The van der Waals surface area contributed by atoms with Gasteiger partial charge in [-0.3, -0.25) is 4.79 Å². The Labute approximate surface area is 103 Å². The summed E-state index contributed by atoms with van der Waals surface area (Å²) in [5, 5.41) is 9.98. The first-order chi connectivity index (χ1) is 7.66. The number of amides is 1. The zero-order chi connectivity index (χ0) is 11.5. The zero-order valence-corrected chi connectivity index (χ0v) is 10.4. The number of likely N-dealkylation sites (tertiary alicyclic amines) is 1. The van der Waals surface area contributed by atoms with Gasteiger partial charge < -0.3 is 10.0 Å². The molecule has 1 aromatic rings. The standard InChI is InChI=1S/C12H14BrNO2/c13-10-6-12(16)14(7-10)8-11(15)9-4-2-1-3-5-9/h1-5,10-11,15H,6-8H2/t10?,11-/m1/s1. The molecule has 16 heavy (non-hydrogen) atoms. The van der Waals surface area contributed by atoms with Crippen LogP contribution in [0, 0.1) is 0 Å². The molecule has 2 rings (SSSR count). The molecule has 1 aliphatic rings.